The molecule has 0 aromatic carbocycles. The van der Waals surface area contributed by atoms with E-state index in [4.69, 9.17) is 9.84 Å². The fourth-order valence-corrected chi connectivity index (χ4v) is 3.03. The molecule has 0 aliphatic carbocycles. The van der Waals surface area contributed by atoms with Crippen molar-refractivity contribution in [1.82, 2.24) is 0 Å². The Morgan fingerprint density at radius 3 is 2.20 bits per heavy atom. The van der Waals surface area contributed by atoms with Crippen molar-refractivity contribution in [2.45, 2.75) is 81.2 Å². The first kappa shape index (κ1) is 18.2. The first-order valence-electron chi connectivity index (χ1n) is 7.51. The van der Waals surface area contributed by atoms with Gasteiger partial charge in [-0.15, -0.1) is 12.6 Å². The van der Waals surface area contributed by atoms with Crippen molar-refractivity contribution in [2.24, 2.45) is 0 Å². The predicted octanol–water partition coefficient (Wildman–Crippen LogP) is 0.837. The highest BCUT2D eigenvalue weighted by Gasteiger charge is 2.50. The fourth-order valence-electron chi connectivity index (χ4n) is 2.59. The summed E-state index contributed by atoms with van der Waals surface area (Å²) in [5.74, 6) is 0. The van der Waals surface area contributed by atoms with E-state index in [-0.39, 0.29) is 0 Å². The first-order valence-corrected chi connectivity index (χ1v) is 7.96. The molecule has 5 nitrogen and oxygen atoms in total. The third kappa shape index (κ3) is 4.58. The normalized spacial score (nSPS) is 38.1. The van der Waals surface area contributed by atoms with Gasteiger partial charge < -0.3 is 25.2 Å². The van der Waals surface area contributed by atoms with Crippen LogP contribution in [0.4, 0.5) is 0 Å². The third-order valence-corrected chi connectivity index (χ3v) is 4.53. The van der Waals surface area contributed by atoms with Crippen LogP contribution in [0.3, 0.4) is 0 Å². The van der Waals surface area contributed by atoms with Crippen LogP contribution in [0.1, 0.15) is 51.9 Å². The van der Waals surface area contributed by atoms with Gasteiger partial charge >= 0.3 is 0 Å². The molecular weight excluding hydrogens is 280 g/mol. The zero-order chi connectivity index (χ0) is 15.2. The molecule has 0 bridgehead atoms. The van der Waals surface area contributed by atoms with Gasteiger partial charge in [0.25, 0.3) is 0 Å². The molecule has 1 rings (SSSR count). The van der Waals surface area contributed by atoms with Crippen molar-refractivity contribution >= 4 is 12.6 Å². The molecule has 0 saturated carbocycles. The lowest BCUT2D eigenvalue weighted by Crippen LogP contribution is -2.62. The van der Waals surface area contributed by atoms with Crippen LogP contribution in [0.25, 0.3) is 0 Å². The maximum atomic E-state index is 10.0. The summed E-state index contributed by atoms with van der Waals surface area (Å²) in [6.07, 6.45) is 2.24. The van der Waals surface area contributed by atoms with Gasteiger partial charge in [-0.2, -0.15) is 0 Å². The SMILES string of the molecule is CCCCCCCCC1(S)O[C@H](CO)[C@@H](O)[C@H](O)[C@H]1O. The predicted molar refractivity (Wildman–Crippen MR) is 79.7 cm³/mol. The van der Waals surface area contributed by atoms with Gasteiger partial charge in [0.1, 0.15) is 29.3 Å². The smallest absolute Gasteiger partial charge is 0.140 e. The number of thiol groups is 1. The molecule has 1 aliphatic heterocycles. The van der Waals surface area contributed by atoms with Gasteiger partial charge in [-0.1, -0.05) is 39.0 Å². The number of hydrogen-bond donors (Lipinski definition) is 5. The summed E-state index contributed by atoms with van der Waals surface area (Å²) >= 11 is 4.35. The standard InChI is InChI=1S/C14H28O5S/c1-2-3-4-5-6-7-8-14(20)13(18)12(17)11(16)10(9-15)19-14/h10-13,15-18,20H,2-9H2,1H3/t10-,11-,12+,13-,14?/m1/s1. The van der Waals surface area contributed by atoms with Gasteiger partial charge in [0.15, 0.2) is 0 Å². The van der Waals surface area contributed by atoms with E-state index in [1.165, 1.54) is 19.3 Å². The summed E-state index contributed by atoms with van der Waals surface area (Å²) in [5, 5.41) is 38.7. The second-order valence-electron chi connectivity index (χ2n) is 5.63. The molecule has 0 amide bonds. The van der Waals surface area contributed by atoms with Crippen LogP contribution in [-0.2, 0) is 4.74 Å². The molecule has 120 valence electrons. The Balaban J connectivity index is 2.44. The number of aliphatic hydroxyl groups excluding tert-OH is 4. The van der Waals surface area contributed by atoms with E-state index in [0.717, 1.165) is 19.3 Å². The molecule has 4 N–H and O–H groups in total. The quantitative estimate of drug-likeness (QED) is 0.339. The zero-order valence-electron chi connectivity index (χ0n) is 12.1. The largest absolute Gasteiger partial charge is 0.394 e. The van der Waals surface area contributed by atoms with Crippen LogP contribution in [-0.4, -0.2) is 56.4 Å². The Labute approximate surface area is 126 Å². The summed E-state index contributed by atoms with van der Waals surface area (Å²) in [4.78, 5) is -1.21. The van der Waals surface area contributed by atoms with E-state index in [1.807, 2.05) is 0 Å². The third-order valence-electron chi connectivity index (χ3n) is 3.94. The van der Waals surface area contributed by atoms with Gasteiger partial charge in [0, 0.05) is 0 Å². The summed E-state index contributed by atoms with van der Waals surface area (Å²) in [7, 11) is 0. The molecule has 0 radical (unpaired) electrons. The molecule has 1 saturated heterocycles. The average molecular weight is 308 g/mol. The Morgan fingerprint density at radius 1 is 1.00 bits per heavy atom. The second-order valence-corrected chi connectivity index (χ2v) is 6.38. The van der Waals surface area contributed by atoms with E-state index in [1.54, 1.807) is 0 Å². The summed E-state index contributed by atoms with van der Waals surface area (Å²) in [5.41, 5.74) is 0. The van der Waals surface area contributed by atoms with Crippen LogP contribution in [0, 0.1) is 0 Å². The number of rotatable bonds is 8. The monoisotopic (exact) mass is 308 g/mol. The van der Waals surface area contributed by atoms with Crippen molar-refractivity contribution in [3.63, 3.8) is 0 Å². The first-order chi connectivity index (χ1) is 9.46. The molecule has 1 aliphatic rings. The van der Waals surface area contributed by atoms with Gasteiger partial charge in [-0.3, -0.25) is 0 Å². The Morgan fingerprint density at radius 2 is 1.60 bits per heavy atom. The van der Waals surface area contributed by atoms with Crippen LogP contribution in [0.15, 0.2) is 0 Å². The van der Waals surface area contributed by atoms with Gasteiger partial charge in [-0.25, -0.2) is 0 Å². The number of hydrogen-bond acceptors (Lipinski definition) is 6. The van der Waals surface area contributed by atoms with E-state index in [2.05, 4.69) is 19.6 Å². The van der Waals surface area contributed by atoms with Crippen molar-refractivity contribution < 1.29 is 25.2 Å². The number of aliphatic hydroxyl groups is 4. The van der Waals surface area contributed by atoms with Gasteiger partial charge in [-0.05, 0) is 12.8 Å². The van der Waals surface area contributed by atoms with E-state index in [9.17, 15) is 15.3 Å². The highest BCUT2D eigenvalue weighted by Crippen LogP contribution is 2.37. The maximum Gasteiger partial charge on any atom is 0.140 e. The molecule has 0 aromatic heterocycles. The topological polar surface area (TPSA) is 90.2 Å². The minimum Gasteiger partial charge on any atom is -0.394 e. The highest BCUT2D eigenvalue weighted by molar-refractivity contribution is 7.81. The van der Waals surface area contributed by atoms with E-state index in [0.29, 0.717) is 6.42 Å². The molecule has 0 spiro atoms. The minimum atomic E-state index is -1.35. The van der Waals surface area contributed by atoms with Crippen molar-refractivity contribution in [1.29, 1.82) is 0 Å². The second kappa shape index (κ2) is 8.56. The molecule has 1 fully saturated rings. The number of unbranched alkanes of at least 4 members (excludes halogenated alkanes) is 5. The lowest BCUT2D eigenvalue weighted by atomic mass is 9.91. The van der Waals surface area contributed by atoms with Gasteiger partial charge in [0.2, 0.25) is 0 Å². The Bertz CT molecular complexity index is 276. The summed E-state index contributed by atoms with van der Waals surface area (Å²) in [6, 6.07) is 0. The van der Waals surface area contributed by atoms with Crippen LogP contribution in [0.5, 0.6) is 0 Å². The van der Waals surface area contributed by atoms with Crippen molar-refractivity contribution in [3.8, 4) is 0 Å². The van der Waals surface area contributed by atoms with Crippen molar-refractivity contribution in [3.05, 3.63) is 0 Å². The Kier molecular flexibility index (Phi) is 7.79. The summed E-state index contributed by atoms with van der Waals surface area (Å²) < 4.78 is 5.50. The highest BCUT2D eigenvalue weighted by atomic mass is 32.1. The van der Waals surface area contributed by atoms with Crippen LogP contribution in [0.2, 0.25) is 0 Å². The average Bonchev–Trinajstić information content (AvgIpc) is 2.45. The lowest BCUT2D eigenvalue weighted by molar-refractivity contribution is -0.243. The Hall–Kier alpha value is 0.150. The summed E-state index contributed by atoms with van der Waals surface area (Å²) in [6.45, 7) is 1.75. The molecule has 6 heteroatoms. The minimum absolute atomic E-state index is 0.413. The van der Waals surface area contributed by atoms with Crippen molar-refractivity contribution in [2.75, 3.05) is 6.61 Å². The zero-order valence-corrected chi connectivity index (χ0v) is 13.0. The molecule has 1 unspecified atom stereocenters. The molecular formula is C14H28O5S. The lowest BCUT2D eigenvalue weighted by Gasteiger charge is -2.46. The molecule has 1 heterocycles. The molecule has 20 heavy (non-hydrogen) atoms. The molecule has 5 atom stereocenters. The fraction of sp³-hybridized carbons (Fsp3) is 1.00. The van der Waals surface area contributed by atoms with E-state index < -0.39 is 36.0 Å². The number of ether oxygens (including phenoxy) is 1. The van der Waals surface area contributed by atoms with E-state index >= 15 is 0 Å². The molecule has 0 aromatic rings. The van der Waals surface area contributed by atoms with Crippen LogP contribution >= 0.6 is 12.6 Å². The van der Waals surface area contributed by atoms with Gasteiger partial charge in [0.05, 0.1) is 6.61 Å². The van der Waals surface area contributed by atoms with Crippen LogP contribution < -0.4 is 0 Å². The maximum absolute atomic E-state index is 10.0.